The Morgan fingerprint density at radius 2 is 2.33 bits per heavy atom. The third-order valence-electron chi connectivity index (χ3n) is 0.606. The van der Waals surface area contributed by atoms with Crippen molar-refractivity contribution in [2.24, 2.45) is 0 Å². The molecule has 0 nitrogen and oxygen atoms in total. The maximum Gasteiger partial charge on any atom is -0.0383 e. The first-order valence-electron chi connectivity index (χ1n) is 2.30. The van der Waals surface area contributed by atoms with Crippen molar-refractivity contribution in [2.45, 2.75) is 19.8 Å². The molecule has 0 spiro atoms. The molecular formula is C6H11. The molecule has 0 aliphatic rings. The van der Waals surface area contributed by atoms with Gasteiger partial charge in [-0.15, -0.1) is 0 Å². The highest BCUT2D eigenvalue weighted by Gasteiger charge is 1.76. The lowest BCUT2D eigenvalue weighted by Gasteiger charge is -1.85. The maximum absolute atomic E-state index is 3.65. The van der Waals surface area contributed by atoms with Crippen molar-refractivity contribution in [3.05, 3.63) is 19.8 Å². The molecule has 0 N–H and O–H groups in total. The zero-order valence-electron chi connectivity index (χ0n) is 4.28. The summed E-state index contributed by atoms with van der Waals surface area (Å²) in [5.41, 5.74) is 0. The molecule has 0 aromatic heterocycles. The van der Waals surface area contributed by atoms with Crippen LogP contribution in [0.3, 0.4) is 0 Å². The Balaban J connectivity index is 2.34. The molecule has 6 heavy (non-hydrogen) atoms. The van der Waals surface area contributed by atoms with E-state index in [9.17, 15) is 0 Å². The van der Waals surface area contributed by atoms with Crippen LogP contribution >= 0.6 is 0 Å². The molecular weight excluding hydrogens is 72.1 g/mol. The summed E-state index contributed by atoms with van der Waals surface area (Å²) in [5, 5.41) is 0. The Labute approximate surface area is 40.6 Å². The molecule has 0 amide bonds. The first kappa shape index (κ1) is 6.00. The minimum Gasteiger partial charge on any atom is -0.0622 e. The average Bonchev–Trinajstić information content (AvgIpc) is 1.61. The second-order valence-electron chi connectivity index (χ2n) is 1.22. The van der Waals surface area contributed by atoms with Crippen LogP contribution in [0.2, 0.25) is 0 Å². The second kappa shape index (κ2) is 5.00. The van der Waals surface area contributed by atoms with Crippen molar-refractivity contribution in [1.82, 2.24) is 0 Å². The molecule has 0 rings (SSSR count). The van der Waals surface area contributed by atoms with Crippen LogP contribution in [0.25, 0.3) is 0 Å². The monoisotopic (exact) mass is 83.1 g/mol. The van der Waals surface area contributed by atoms with Gasteiger partial charge in [-0.05, 0) is 19.3 Å². The van der Waals surface area contributed by atoms with E-state index in [1.807, 2.05) is 6.92 Å². The van der Waals surface area contributed by atoms with Crippen LogP contribution in [0.1, 0.15) is 19.8 Å². The van der Waals surface area contributed by atoms with E-state index in [-0.39, 0.29) is 0 Å². The van der Waals surface area contributed by atoms with Crippen molar-refractivity contribution < 1.29 is 0 Å². The third kappa shape index (κ3) is 4.00. The van der Waals surface area contributed by atoms with E-state index in [2.05, 4.69) is 19.8 Å². The van der Waals surface area contributed by atoms with Gasteiger partial charge in [0.2, 0.25) is 0 Å². The quantitative estimate of drug-likeness (QED) is 0.458. The molecule has 0 aromatic carbocycles. The molecule has 0 aliphatic carbocycles. The third-order valence-corrected chi connectivity index (χ3v) is 0.606. The molecule has 35 valence electrons. The molecule has 0 aromatic rings. The van der Waals surface area contributed by atoms with Gasteiger partial charge in [-0.1, -0.05) is 20.3 Å². The minimum absolute atomic E-state index is 0.949. The summed E-state index contributed by atoms with van der Waals surface area (Å²) in [6.07, 6.45) is 6.30. The summed E-state index contributed by atoms with van der Waals surface area (Å²) in [7, 11) is 0. The van der Waals surface area contributed by atoms with E-state index in [0.29, 0.717) is 0 Å². The van der Waals surface area contributed by atoms with Crippen LogP contribution in [-0.4, -0.2) is 0 Å². The van der Waals surface area contributed by atoms with Crippen molar-refractivity contribution in [2.75, 3.05) is 0 Å². The molecule has 0 heteroatoms. The zero-order valence-corrected chi connectivity index (χ0v) is 4.28. The number of hydrogen-bond donors (Lipinski definition) is 0. The fourth-order valence-electron chi connectivity index (χ4n) is 0.285. The Hall–Kier alpha value is 0. The standard InChI is InChI=1S/C6H11/c1-3-5-6-4-2/h4-5H,1,3,6H2,2H3. The first-order valence-corrected chi connectivity index (χ1v) is 2.30. The highest BCUT2D eigenvalue weighted by molar-refractivity contribution is 4.72. The predicted molar refractivity (Wildman–Crippen MR) is 28.9 cm³/mol. The summed E-state index contributed by atoms with van der Waals surface area (Å²) < 4.78 is 0. The average molecular weight is 83.2 g/mol. The largest absolute Gasteiger partial charge is 0.0622 e. The molecule has 0 saturated heterocycles. The van der Waals surface area contributed by atoms with Crippen LogP contribution in [0.15, 0.2) is 0 Å². The van der Waals surface area contributed by atoms with Crippen LogP contribution in [0.5, 0.6) is 0 Å². The number of rotatable bonds is 3. The van der Waals surface area contributed by atoms with Gasteiger partial charge in [0.1, 0.15) is 0 Å². The van der Waals surface area contributed by atoms with Crippen LogP contribution in [0, 0.1) is 19.8 Å². The highest BCUT2D eigenvalue weighted by atomic mass is 13.8. The van der Waals surface area contributed by atoms with Crippen molar-refractivity contribution >= 4 is 0 Å². The highest BCUT2D eigenvalue weighted by Crippen LogP contribution is 1.92. The zero-order chi connectivity index (χ0) is 4.83. The fraction of sp³-hybridized carbons (Fsp3) is 0.500. The Bertz CT molecular complexity index is 12.0. The first-order chi connectivity index (χ1) is 2.91. The van der Waals surface area contributed by atoms with Crippen LogP contribution in [0.4, 0.5) is 0 Å². The van der Waals surface area contributed by atoms with Gasteiger partial charge in [-0.3, -0.25) is 0 Å². The van der Waals surface area contributed by atoms with Crippen LogP contribution in [-0.2, 0) is 0 Å². The summed E-state index contributed by atoms with van der Waals surface area (Å²) in [6, 6.07) is 0. The van der Waals surface area contributed by atoms with E-state index >= 15 is 0 Å². The van der Waals surface area contributed by atoms with E-state index in [4.69, 9.17) is 0 Å². The summed E-state index contributed by atoms with van der Waals surface area (Å²) in [5.74, 6) is 0. The fourth-order valence-corrected chi connectivity index (χ4v) is 0.285. The van der Waals surface area contributed by atoms with E-state index in [0.717, 1.165) is 12.8 Å². The number of hydrogen-bond acceptors (Lipinski definition) is 0. The van der Waals surface area contributed by atoms with Gasteiger partial charge in [-0.25, -0.2) is 0 Å². The summed E-state index contributed by atoms with van der Waals surface area (Å²) in [6.45, 7) is 5.70. The van der Waals surface area contributed by atoms with Crippen molar-refractivity contribution in [3.8, 4) is 0 Å². The topological polar surface area (TPSA) is 0 Å². The lowest BCUT2D eigenvalue weighted by Crippen LogP contribution is -1.69. The van der Waals surface area contributed by atoms with E-state index < -0.39 is 0 Å². The molecule has 0 bridgehead atoms. The van der Waals surface area contributed by atoms with E-state index in [1.54, 1.807) is 0 Å². The van der Waals surface area contributed by atoms with E-state index in [1.165, 1.54) is 0 Å². The second-order valence-corrected chi connectivity index (χ2v) is 1.22. The minimum atomic E-state index is 0.949. The predicted octanol–water partition coefficient (Wildman–Crippen LogP) is 2.03. The van der Waals surface area contributed by atoms with Gasteiger partial charge in [0.05, 0.1) is 0 Å². The van der Waals surface area contributed by atoms with Crippen molar-refractivity contribution in [1.29, 1.82) is 0 Å². The Morgan fingerprint density at radius 1 is 1.67 bits per heavy atom. The molecule has 0 atom stereocenters. The van der Waals surface area contributed by atoms with Gasteiger partial charge in [-0.2, -0.15) is 0 Å². The SMILES string of the molecule is [CH2]C[CH]C[CH]C. The number of unbranched alkanes of at least 4 members (excludes halogenated alkanes) is 3. The molecule has 0 fully saturated rings. The normalized spacial score (nSPS) is 9.00. The molecule has 0 aliphatic heterocycles. The molecule has 0 heterocycles. The summed E-state index contributed by atoms with van der Waals surface area (Å²) in [4.78, 5) is 0. The van der Waals surface area contributed by atoms with Gasteiger partial charge in [0.25, 0.3) is 0 Å². The molecule has 0 unspecified atom stereocenters. The maximum atomic E-state index is 3.65. The smallest absolute Gasteiger partial charge is 0.0383 e. The Morgan fingerprint density at radius 3 is 2.50 bits per heavy atom. The van der Waals surface area contributed by atoms with Gasteiger partial charge < -0.3 is 0 Å². The van der Waals surface area contributed by atoms with Crippen molar-refractivity contribution in [3.63, 3.8) is 0 Å². The molecule has 3 radical (unpaired) electrons. The molecule has 0 saturated carbocycles. The van der Waals surface area contributed by atoms with Gasteiger partial charge in [0.15, 0.2) is 0 Å². The van der Waals surface area contributed by atoms with Crippen LogP contribution < -0.4 is 0 Å². The lowest BCUT2D eigenvalue weighted by atomic mass is 10.2. The van der Waals surface area contributed by atoms with Gasteiger partial charge >= 0.3 is 0 Å². The van der Waals surface area contributed by atoms with Gasteiger partial charge in [0, 0.05) is 0 Å². The summed E-state index contributed by atoms with van der Waals surface area (Å²) >= 11 is 0. The lowest BCUT2D eigenvalue weighted by molar-refractivity contribution is 1.03. The Kier molecular flexibility index (Phi) is 5.00.